The first-order valence-electron chi connectivity index (χ1n) is 5.08. The number of nitrogens with one attached hydrogen (secondary N) is 1. The van der Waals surface area contributed by atoms with Crippen LogP contribution in [0, 0.1) is 0 Å². The van der Waals surface area contributed by atoms with E-state index >= 15 is 0 Å². The van der Waals surface area contributed by atoms with Crippen LogP contribution in [0.4, 0.5) is 5.13 Å². The SMILES string of the molecule is CCCNc1nc2ccc(C(=O)O)cc2s1. The standard InChI is InChI=1S/C11H12N2O2S/c1-2-5-12-11-13-8-4-3-7(10(14)15)6-9(8)16-11/h3-4,6H,2,5H2,1H3,(H,12,13)(H,14,15). The molecule has 0 radical (unpaired) electrons. The molecule has 0 aliphatic carbocycles. The van der Waals surface area contributed by atoms with Crippen molar-refractivity contribution in [2.75, 3.05) is 11.9 Å². The van der Waals surface area contributed by atoms with Gasteiger partial charge in [-0.1, -0.05) is 18.3 Å². The fraction of sp³-hybridized carbons (Fsp3) is 0.273. The number of carbonyl (C=O) groups is 1. The van der Waals surface area contributed by atoms with Gasteiger partial charge in [-0.25, -0.2) is 9.78 Å². The molecule has 0 saturated carbocycles. The molecular weight excluding hydrogens is 224 g/mol. The van der Waals surface area contributed by atoms with Gasteiger partial charge in [0.05, 0.1) is 15.8 Å². The average Bonchev–Trinajstić information content (AvgIpc) is 2.67. The number of hydrogen-bond acceptors (Lipinski definition) is 4. The highest BCUT2D eigenvalue weighted by atomic mass is 32.1. The predicted molar refractivity (Wildman–Crippen MR) is 65.4 cm³/mol. The Morgan fingerprint density at radius 3 is 3.06 bits per heavy atom. The zero-order valence-electron chi connectivity index (χ0n) is 8.86. The van der Waals surface area contributed by atoms with E-state index in [9.17, 15) is 4.79 Å². The van der Waals surface area contributed by atoms with Crippen LogP contribution in [-0.2, 0) is 0 Å². The number of carboxylic acid groups (broad SMARTS) is 1. The largest absolute Gasteiger partial charge is 0.478 e. The van der Waals surface area contributed by atoms with E-state index in [1.807, 2.05) is 0 Å². The number of carboxylic acids is 1. The van der Waals surface area contributed by atoms with E-state index in [0.29, 0.717) is 5.56 Å². The summed E-state index contributed by atoms with van der Waals surface area (Å²) in [7, 11) is 0. The van der Waals surface area contributed by atoms with Crippen molar-refractivity contribution < 1.29 is 9.90 Å². The van der Waals surface area contributed by atoms with Gasteiger partial charge in [0.1, 0.15) is 0 Å². The van der Waals surface area contributed by atoms with Crippen molar-refractivity contribution in [1.82, 2.24) is 4.98 Å². The Balaban J connectivity index is 2.34. The van der Waals surface area contributed by atoms with Crippen molar-refractivity contribution >= 4 is 32.7 Å². The molecular formula is C11H12N2O2S. The van der Waals surface area contributed by atoms with Crippen molar-refractivity contribution in [2.45, 2.75) is 13.3 Å². The van der Waals surface area contributed by atoms with Gasteiger partial charge in [-0.3, -0.25) is 0 Å². The average molecular weight is 236 g/mol. The highest BCUT2D eigenvalue weighted by molar-refractivity contribution is 7.22. The summed E-state index contributed by atoms with van der Waals surface area (Å²) in [6, 6.07) is 4.98. The molecule has 0 fully saturated rings. The van der Waals surface area contributed by atoms with Crippen LogP contribution < -0.4 is 5.32 Å². The van der Waals surface area contributed by atoms with E-state index < -0.39 is 5.97 Å². The molecule has 2 rings (SSSR count). The number of thiazole rings is 1. The Kier molecular flexibility index (Phi) is 3.05. The molecule has 0 aliphatic heterocycles. The maximum absolute atomic E-state index is 10.8. The van der Waals surface area contributed by atoms with Crippen molar-refractivity contribution in [3.8, 4) is 0 Å². The molecule has 16 heavy (non-hydrogen) atoms. The molecule has 0 saturated heterocycles. The van der Waals surface area contributed by atoms with Crippen LogP contribution >= 0.6 is 11.3 Å². The van der Waals surface area contributed by atoms with E-state index in [-0.39, 0.29) is 0 Å². The molecule has 2 aromatic rings. The minimum absolute atomic E-state index is 0.304. The molecule has 0 aliphatic rings. The minimum atomic E-state index is -0.904. The number of aromatic carboxylic acids is 1. The van der Waals surface area contributed by atoms with E-state index in [1.54, 1.807) is 18.2 Å². The third-order valence-corrected chi connectivity index (χ3v) is 3.14. The van der Waals surface area contributed by atoms with Crippen LogP contribution in [0.2, 0.25) is 0 Å². The van der Waals surface area contributed by atoms with Crippen LogP contribution in [-0.4, -0.2) is 22.6 Å². The van der Waals surface area contributed by atoms with E-state index in [2.05, 4.69) is 17.2 Å². The Morgan fingerprint density at radius 2 is 2.38 bits per heavy atom. The second kappa shape index (κ2) is 4.49. The van der Waals surface area contributed by atoms with E-state index in [4.69, 9.17) is 5.11 Å². The van der Waals surface area contributed by atoms with Gasteiger partial charge in [-0.2, -0.15) is 0 Å². The fourth-order valence-electron chi connectivity index (χ4n) is 1.37. The van der Waals surface area contributed by atoms with E-state index in [0.717, 1.165) is 28.3 Å². The fourth-order valence-corrected chi connectivity index (χ4v) is 2.30. The number of anilines is 1. The second-order valence-corrected chi connectivity index (χ2v) is 4.46. The van der Waals surface area contributed by atoms with Crippen molar-refractivity contribution in [2.24, 2.45) is 0 Å². The number of nitrogens with zero attached hydrogens (tertiary/aromatic N) is 1. The topological polar surface area (TPSA) is 62.2 Å². The number of hydrogen-bond donors (Lipinski definition) is 2. The van der Waals surface area contributed by atoms with Gasteiger partial charge in [0.25, 0.3) is 0 Å². The first kappa shape index (κ1) is 10.9. The quantitative estimate of drug-likeness (QED) is 0.856. The minimum Gasteiger partial charge on any atom is -0.478 e. The molecule has 1 aromatic carbocycles. The van der Waals surface area contributed by atoms with Crippen molar-refractivity contribution in [3.05, 3.63) is 23.8 Å². The second-order valence-electron chi connectivity index (χ2n) is 3.43. The predicted octanol–water partition coefficient (Wildman–Crippen LogP) is 2.82. The first-order valence-corrected chi connectivity index (χ1v) is 5.90. The van der Waals surface area contributed by atoms with Gasteiger partial charge in [0, 0.05) is 6.54 Å². The molecule has 84 valence electrons. The molecule has 1 aromatic heterocycles. The van der Waals surface area contributed by atoms with Crippen LogP contribution in [0.15, 0.2) is 18.2 Å². The summed E-state index contributed by atoms with van der Waals surface area (Å²) in [5.41, 5.74) is 1.15. The molecule has 1 heterocycles. The summed E-state index contributed by atoms with van der Waals surface area (Å²) in [6.07, 6.45) is 1.04. The molecule has 2 N–H and O–H groups in total. The molecule has 0 amide bonds. The highest BCUT2D eigenvalue weighted by Crippen LogP contribution is 2.26. The van der Waals surface area contributed by atoms with Crippen LogP contribution in [0.1, 0.15) is 23.7 Å². The Labute approximate surface area is 96.9 Å². The third kappa shape index (κ3) is 2.14. The monoisotopic (exact) mass is 236 g/mol. The summed E-state index contributed by atoms with van der Waals surface area (Å²) < 4.78 is 0.901. The summed E-state index contributed by atoms with van der Waals surface area (Å²) in [4.78, 5) is 15.2. The zero-order chi connectivity index (χ0) is 11.5. The van der Waals surface area contributed by atoms with Crippen LogP contribution in [0.25, 0.3) is 10.2 Å². The lowest BCUT2D eigenvalue weighted by molar-refractivity contribution is 0.0697. The lowest BCUT2D eigenvalue weighted by Gasteiger charge is -1.95. The summed E-state index contributed by atoms with van der Waals surface area (Å²) in [5, 5.41) is 12.9. The third-order valence-electron chi connectivity index (χ3n) is 2.16. The van der Waals surface area contributed by atoms with Crippen molar-refractivity contribution in [3.63, 3.8) is 0 Å². The number of benzene rings is 1. The maximum atomic E-state index is 10.8. The number of aromatic nitrogens is 1. The molecule has 0 bridgehead atoms. The number of rotatable bonds is 4. The summed E-state index contributed by atoms with van der Waals surface area (Å²) >= 11 is 1.48. The lowest BCUT2D eigenvalue weighted by atomic mass is 10.2. The Bertz CT molecular complexity index is 522. The van der Waals surface area contributed by atoms with Crippen molar-refractivity contribution in [1.29, 1.82) is 0 Å². The molecule has 0 atom stereocenters. The number of fused-ring (bicyclic) bond motifs is 1. The Morgan fingerprint density at radius 1 is 1.56 bits per heavy atom. The smallest absolute Gasteiger partial charge is 0.335 e. The first-order chi connectivity index (χ1) is 7.70. The van der Waals surface area contributed by atoms with E-state index in [1.165, 1.54) is 11.3 Å². The maximum Gasteiger partial charge on any atom is 0.335 e. The molecule has 0 spiro atoms. The van der Waals surface area contributed by atoms with Gasteiger partial charge in [0.15, 0.2) is 5.13 Å². The van der Waals surface area contributed by atoms with Gasteiger partial charge in [-0.05, 0) is 24.6 Å². The zero-order valence-corrected chi connectivity index (χ0v) is 9.67. The van der Waals surface area contributed by atoms with Gasteiger partial charge >= 0.3 is 5.97 Å². The normalized spacial score (nSPS) is 10.6. The van der Waals surface area contributed by atoms with Gasteiger partial charge in [-0.15, -0.1) is 0 Å². The van der Waals surface area contributed by atoms with Gasteiger partial charge in [0.2, 0.25) is 0 Å². The molecule has 4 nitrogen and oxygen atoms in total. The lowest BCUT2D eigenvalue weighted by Crippen LogP contribution is -1.98. The van der Waals surface area contributed by atoms with Crippen LogP contribution in [0.3, 0.4) is 0 Å². The molecule has 0 unspecified atom stereocenters. The van der Waals surface area contributed by atoms with Gasteiger partial charge < -0.3 is 10.4 Å². The summed E-state index contributed by atoms with van der Waals surface area (Å²) in [6.45, 7) is 2.97. The highest BCUT2D eigenvalue weighted by Gasteiger charge is 2.07. The summed E-state index contributed by atoms with van der Waals surface area (Å²) in [5.74, 6) is -0.904. The Hall–Kier alpha value is -1.62. The molecule has 5 heteroatoms. The van der Waals surface area contributed by atoms with Crippen LogP contribution in [0.5, 0.6) is 0 Å².